The number of methoxy groups -OCH3 is 1. The minimum Gasteiger partial charge on any atom is -0.504 e. The van der Waals surface area contributed by atoms with Gasteiger partial charge in [0.05, 0.1) is 38.0 Å². The monoisotopic (exact) mass is 380 g/mol. The molecular weight excluding hydrogens is 356 g/mol. The van der Waals surface area contributed by atoms with E-state index < -0.39 is 0 Å². The van der Waals surface area contributed by atoms with Gasteiger partial charge in [-0.1, -0.05) is 11.6 Å². The molecule has 6 atom stereocenters. The second-order valence-electron chi connectivity index (χ2n) is 9.30. The van der Waals surface area contributed by atoms with Gasteiger partial charge in [0, 0.05) is 30.0 Å². The van der Waals surface area contributed by atoms with E-state index in [9.17, 15) is 9.90 Å². The van der Waals surface area contributed by atoms with Crippen molar-refractivity contribution in [3.63, 3.8) is 0 Å². The molecule has 6 aliphatic rings. The van der Waals surface area contributed by atoms with Crippen LogP contribution in [-0.4, -0.2) is 60.9 Å². The van der Waals surface area contributed by atoms with E-state index in [-0.39, 0.29) is 29.2 Å². The third-order valence-electron chi connectivity index (χ3n) is 8.61. The van der Waals surface area contributed by atoms with Crippen LogP contribution in [0.25, 0.3) is 0 Å². The van der Waals surface area contributed by atoms with Crippen LogP contribution in [0.2, 0.25) is 0 Å². The molecule has 2 bridgehead atoms. The highest BCUT2D eigenvalue weighted by Gasteiger charge is 2.71. The molecule has 5 heterocycles. The van der Waals surface area contributed by atoms with Crippen molar-refractivity contribution >= 4 is 11.6 Å². The van der Waals surface area contributed by atoms with Crippen molar-refractivity contribution in [1.29, 1.82) is 0 Å². The molecule has 4 fully saturated rings. The molecule has 6 heteroatoms. The Hall–Kier alpha value is -2.05. The molecule has 3 saturated heterocycles. The minimum atomic E-state index is -0.103. The van der Waals surface area contributed by atoms with Crippen LogP contribution in [0.15, 0.2) is 23.8 Å². The van der Waals surface area contributed by atoms with Crippen molar-refractivity contribution in [2.75, 3.05) is 31.7 Å². The average molecular weight is 380 g/mol. The van der Waals surface area contributed by atoms with Gasteiger partial charge in [-0.15, -0.1) is 0 Å². The van der Waals surface area contributed by atoms with Crippen LogP contribution >= 0.6 is 0 Å². The van der Waals surface area contributed by atoms with Crippen LogP contribution in [0.3, 0.4) is 0 Å². The van der Waals surface area contributed by atoms with Gasteiger partial charge in [0.15, 0.2) is 11.5 Å². The number of nitrogens with zero attached hydrogens (tertiary/aromatic N) is 2. The molecular formula is C22H24N2O4. The topological polar surface area (TPSA) is 62.2 Å². The maximum absolute atomic E-state index is 13.4. The van der Waals surface area contributed by atoms with Crippen LogP contribution in [0.4, 0.5) is 5.69 Å². The highest BCUT2D eigenvalue weighted by molar-refractivity contribution is 5.99. The number of rotatable bonds is 1. The van der Waals surface area contributed by atoms with Crippen molar-refractivity contribution in [3.8, 4) is 11.5 Å². The predicted molar refractivity (Wildman–Crippen MR) is 102 cm³/mol. The molecule has 1 N–H and O–H groups in total. The summed E-state index contributed by atoms with van der Waals surface area (Å²) in [7, 11) is 1.57. The minimum absolute atomic E-state index is 0.00211. The molecule has 1 aliphatic carbocycles. The number of phenols is 1. The Morgan fingerprint density at radius 2 is 2.25 bits per heavy atom. The number of piperidine rings is 2. The fourth-order valence-corrected chi connectivity index (χ4v) is 7.72. The van der Waals surface area contributed by atoms with Crippen molar-refractivity contribution in [2.24, 2.45) is 11.8 Å². The Balaban J connectivity index is 1.53. The van der Waals surface area contributed by atoms with Gasteiger partial charge in [-0.2, -0.15) is 0 Å². The van der Waals surface area contributed by atoms with Gasteiger partial charge < -0.3 is 19.5 Å². The van der Waals surface area contributed by atoms with E-state index in [1.54, 1.807) is 7.11 Å². The molecule has 146 valence electrons. The molecule has 1 aromatic rings. The first-order valence-corrected chi connectivity index (χ1v) is 10.4. The van der Waals surface area contributed by atoms with Crippen molar-refractivity contribution in [1.82, 2.24) is 4.90 Å². The standard InChI is InChI=1S/C22H24N2O4/c1-27-16-8-14-13(7-15(16)25)22-3-4-23-10-11-2-5-28-17-9-19(26)24(14)21(22)20(17)12(11)6-18(22)23/h2,7-8,12,17-18,20-21,25H,3-6,9-10H2,1H3. The number of amides is 1. The number of carbonyl (C=O) groups excluding carboxylic acids is 1. The van der Waals surface area contributed by atoms with Gasteiger partial charge in [0.25, 0.3) is 0 Å². The first-order valence-electron chi connectivity index (χ1n) is 10.4. The SMILES string of the molecule is COc1cc2c(cc1O)C13CCN4CC5=CCOC6CC(=O)N2C1C6C5CC43. The summed E-state index contributed by atoms with van der Waals surface area (Å²) in [4.78, 5) is 18.0. The molecule has 6 nitrogen and oxygen atoms in total. The Kier molecular flexibility index (Phi) is 2.78. The molecule has 1 saturated carbocycles. The first kappa shape index (κ1) is 15.8. The number of benzene rings is 1. The quantitative estimate of drug-likeness (QED) is 0.753. The molecule has 1 aromatic carbocycles. The molecule has 28 heavy (non-hydrogen) atoms. The fraction of sp³-hybridized carbons (Fsp3) is 0.591. The molecule has 1 spiro atoms. The van der Waals surface area contributed by atoms with E-state index in [1.807, 2.05) is 12.1 Å². The molecule has 0 radical (unpaired) electrons. The first-order chi connectivity index (χ1) is 13.6. The summed E-state index contributed by atoms with van der Waals surface area (Å²) >= 11 is 0. The zero-order valence-electron chi connectivity index (χ0n) is 15.9. The number of phenolic OH excluding ortho intramolecular Hbond substituents is 1. The molecule has 1 amide bonds. The lowest BCUT2D eigenvalue weighted by molar-refractivity contribution is -0.132. The van der Waals surface area contributed by atoms with Gasteiger partial charge in [-0.25, -0.2) is 0 Å². The molecule has 7 rings (SSSR count). The second kappa shape index (κ2) is 4.92. The summed E-state index contributed by atoms with van der Waals surface area (Å²) in [5, 5.41) is 10.6. The number of hydrogen-bond acceptors (Lipinski definition) is 5. The maximum atomic E-state index is 13.4. The fourth-order valence-electron chi connectivity index (χ4n) is 7.72. The van der Waals surface area contributed by atoms with E-state index >= 15 is 0 Å². The molecule has 0 aromatic heterocycles. The number of aromatic hydroxyl groups is 1. The van der Waals surface area contributed by atoms with E-state index in [1.165, 1.54) is 5.57 Å². The lowest BCUT2D eigenvalue weighted by atomic mass is 9.53. The lowest BCUT2D eigenvalue weighted by Gasteiger charge is -2.58. The zero-order valence-corrected chi connectivity index (χ0v) is 15.9. The Bertz CT molecular complexity index is 958. The number of carbonyl (C=O) groups is 1. The normalized spacial score (nSPS) is 42.2. The third kappa shape index (κ3) is 1.56. The summed E-state index contributed by atoms with van der Waals surface area (Å²) in [6, 6.07) is 4.33. The maximum Gasteiger partial charge on any atom is 0.229 e. The molecule has 6 unspecified atom stereocenters. The number of ether oxygens (including phenoxy) is 2. The summed E-state index contributed by atoms with van der Waals surface area (Å²) in [6.07, 6.45) is 4.92. The van der Waals surface area contributed by atoms with E-state index in [0.29, 0.717) is 36.7 Å². The van der Waals surface area contributed by atoms with Crippen molar-refractivity contribution < 1.29 is 19.4 Å². The smallest absolute Gasteiger partial charge is 0.229 e. The van der Waals surface area contributed by atoms with Crippen LogP contribution < -0.4 is 9.64 Å². The predicted octanol–water partition coefficient (Wildman–Crippen LogP) is 1.81. The number of fused-ring (bicyclic) bond motifs is 2. The third-order valence-corrected chi connectivity index (χ3v) is 8.61. The van der Waals surface area contributed by atoms with Crippen LogP contribution in [0, 0.1) is 11.8 Å². The summed E-state index contributed by atoms with van der Waals surface area (Å²) < 4.78 is 11.6. The Labute approximate surface area is 163 Å². The largest absolute Gasteiger partial charge is 0.504 e. The Morgan fingerprint density at radius 1 is 1.36 bits per heavy atom. The van der Waals surface area contributed by atoms with Gasteiger partial charge >= 0.3 is 0 Å². The van der Waals surface area contributed by atoms with Gasteiger partial charge in [-0.05, 0) is 36.9 Å². The second-order valence-corrected chi connectivity index (χ2v) is 9.30. The van der Waals surface area contributed by atoms with Gasteiger partial charge in [-0.3, -0.25) is 9.69 Å². The lowest BCUT2D eigenvalue weighted by Crippen LogP contribution is -2.69. The Morgan fingerprint density at radius 3 is 3.11 bits per heavy atom. The van der Waals surface area contributed by atoms with E-state index in [4.69, 9.17) is 9.47 Å². The summed E-state index contributed by atoms with van der Waals surface area (Å²) in [5.41, 5.74) is 3.51. The average Bonchev–Trinajstić information content (AvgIpc) is 3.14. The highest BCUT2D eigenvalue weighted by atomic mass is 16.5. The van der Waals surface area contributed by atoms with Crippen LogP contribution in [0.5, 0.6) is 11.5 Å². The van der Waals surface area contributed by atoms with Crippen LogP contribution in [0.1, 0.15) is 24.8 Å². The van der Waals surface area contributed by atoms with Crippen molar-refractivity contribution in [3.05, 3.63) is 29.3 Å². The van der Waals surface area contributed by atoms with E-state index in [0.717, 1.165) is 37.2 Å². The number of anilines is 1. The van der Waals surface area contributed by atoms with Crippen LogP contribution in [-0.2, 0) is 14.9 Å². The highest BCUT2D eigenvalue weighted by Crippen LogP contribution is 2.66. The zero-order chi connectivity index (χ0) is 18.8. The number of hydrogen-bond donors (Lipinski definition) is 1. The van der Waals surface area contributed by atoms with E-state index in [2.05, 4.69) is 15.9 Å². The summed E-state index contributed by atoms with van der Waals surface area (Å²) in [6.45, 7) is 2.71. The van der Waals surface area contributed by atoms with Gasteiger partial charge in [0.2, 0.25) is 5.91 Å². The molecule has 5 aliphatic heterocycles. The summed E-state index contributed by atoms with van der Waals surface area (Å²) in [5.74, 6) is 1.61. The van der Waals surface area contributed by atoms with Crippen molar-refractivity contribution in [2.45, 2.75) is 42.9 Å². The van der Waals surface area contributed by atoms with Gasteiger partial charge in [0.1, 0.15) is 0 Å².